The summed E-state index contributed by atoms with van der Waals surface area (Å²) in [5.74, 6) is -1.30. The smallest absolute Gasteiger partial charge is 0.256 e. The Morgan fingerprint density at radius 3 is 2.68 bits per heavy atom. The number of anilines is 1. The Balaban J connectivity index is 3.12. The molecule has 104 valence electrons. The molecule has 4 N–H and O–H groups in total. The van der Waals surface area contributed by atoms with Crippen molar-refractivity contribution < 1.29 is 19.1 Å². The third-order valence-electron chi connectivity index (χ3n) is 2.67. The summed E-state index contributed by atoms with van der Waals surface area (Å²) in [4.78, 5) is 11.9. The second kappa shape index (κ2) is 5.66. The van der Waals surface area contributed by atoms with Crippen molar-refractivity contribution in [3.05, 3.63) is 29.6 Å². The lowest BCUT2D eigenvalue weighted by atomic mass is 10.1. The molecule has 0 saturated carbocycles. The number of oxime groups is 1. The number of nitrogens with one attached hydrogen (secondary N) is 1. The molecule has 6 nitrogen and oxygen atoms in total. The SMILES string of the molecule is COC(C)(C)C(=O)Nc1ccc(F)cc1/C(N)=N/O. The van der Waals surface area contributed by atoms with Gasteiger partial charge < -0.3 is 21.0 Å². The molecule has 0 saturated heterocycles. The lowest BCUT2D eigenvalue weighted by molar-refractivity contribution is -0.133. The van der Waals surface area contributed by atoms with Crippen molar-refractivity contribution in [3.8, 4) is 0 Å². The second-order valence-electron chi connectivity index (χ2n) is 4.34. The first-order chi connectivity index (χ1) is 8.81. The Morgan fingerprint density at radius 2 is 2.16 bits per heavy atom. The van der Waals surface area contributed by atoms with Crippen LogP contribution >= 0.6 is 0 Å². The van der Waals surface area contributed by atoms with Crippen molar-refractivity contribution in [1.29, 1.82) is 0 Å². The number of amides is 1. The van der Waals surface area contributed by atoms with Crippen LogP contribution in [0.5, 0.6) is 0 Å². The summed E-state index contributed by atoms with van der Waals surface area (Å²) >= 11 is 0. The van der Waals surface area contributed by atoms with E-state index < -0.39 is 17.3 Å². The maximum absolute atomic E-state index is 13.2. The van der Waals surface area contributed by atoms with Crippen LogP contribution in [0, 0.1) is 5.82 Å². The molecule has 0 unspecified atom stereocenters. The number of carbonyl (C=O) groups excluding carboxylic acids is 1. The zero-order chi connectivity index (χ0) is 14.6. The third kappa shape index (κ3) is 3.41. The molecule has 1 amide bonds. The van der Waals surface area contributed by atoms with Gasteiger partial charge in [0.2, 0.25) is 0 Å². The molecule has 0 aliphatic heterocycles. The van der Waals surface area contributed by atoms with E-state index >= 15 is 0 Å². The van der Waals surface area contributed by atoms with E-state index in [1.54, 1.807) is 13.8 Å². The van der Waals surface area contributed by atoms with Crippen molar-refractivity contribution in [2.45, 2.75) is 19.4 Å². The summed E-state index contributed by atoms with van der Waals surface area (Å²) in [5.41, 5.74) is 4.69. The minimum Gasteiger partial charge on any atom is -0.409 e. The monoisotopic (exact) mass is 269 g/mol. The second-order valence-corrected chi connectivity index (χ2v) is 4.34. The maximum Gasteiger partial charge on any atom is 0.256 e. The molecule has 0 fully saturated rings. The molecule has 0 aliphatic carbocycles. The number of methoxy groups -OCH3 is 1. The van der Waals surface area contributed by atoms with E-state index in [1.807, 2.05) is 0 Å². The zero-order valence-corrected chi connectivity index (χ0v) is 10.9. The fraction of sp³-hybridized carbons (Fsp3) is 0.333. The summed E-state index contributed by atoms with van der Waals surface area (Å²) in [7, 11) is 1.40. The standard InChI is InChI=1S/C12H16FN3O3/c1-12(2,19-3)11(17)15-9-5-4-7(13)6-8(9)10(14)16-18/h4-6,18H,1-3H3,(H2,14,16)(H,15,17). The minimum absolute atomic E-state index is 0.0859. The van der Waals surface area contributed by atoms with Crippen LogP contribution in [0.1, 0.15) is 19.4 Å². The highest BCUT2D eigenvalue weighted by Gasteiger charge is 2.27. The van der Waals surface area contributed by atoms with Gasteiger partial charge in [-0.25, -0.2) is 4.39 Å². The lowest BCUT2D eigenvalue weighted by Crippen LogP contribution is -2.39. The van der Waals surface area contributed by atoms with E-state index in [-0.39, 0.29) is 17.1 Å². The Kier molecular flexibility index (Phi) is 4.44. The molecule has 0 spiro atoms. The third-order valence-corrected chi connectivity index (χ3v) is 2.67. The van der Waals surface area contributed by atoms with Crippen molar-refractivity contribution in [1.82, 2.24) is 0 Å². The number of carbonyl (C=O) groups is 1. The first-order valence-corrected chi connectivity index (χ1v) is 5.46. The average molecular weight is 269 g/mol. The van der Waals surface area contributed by atoms with E-state index in [0.717, 1.165) is 12.1 Å². The number of rotatable bonds is 4. The number of hydrogen-bond acceptors (Lipinski definition) is 4. The molecule has 0 atom stereocenters. The first kappa shape index (κ1) is 14.9. The maximum atomic E-state index is 13.2. The predicted octanol–water partition coefficient (Wildman–Crippen LogP) is 1.28. The van der Waals surface area contributed by atoms with Crippen LogP contribution in [0.3, 0.4) is 0 Å². The molecule has 0 heterocycles. The Bertz CT molecular complexity index is 515. The summed E-state index contributed by atoms with van der Waals surface area (Å²) in [6.45, 7) is 3.16. The van der Waals surface area contributed by atoms with E-state index in [4.69, 9.17) is 15.7 Å². The van der Waals surface area contributed by atoms with Gasteiger partial charge in [0.05, 0.1) is 5.69 Å². The van der Waals surface area contributed by atoms with Gasteiger partial charge in [0.1, 0.15) is 11.4 Å². The van der Waals surface area contributed by atoms with Crippen LogP contribution in [-0.2, 0) is 9.53 Å². The molecular formula is C12H16FN3O3. The quantitative estimate of drug-likeness (QED) is 0.332. The van der Waals surface area contributed by atoms with Gasteiger partial charge in [-0.1, -0.05) is 5.16 Å². The van der Waals surface area contributed by atoms with Gasteiger partial charge in [-0.15, -0.1) is 0 Å². The lowest BCUT2D eigenvalue weighted by Gasteiger charge is -2.22. The van der Waals surface area contributed by atoms with Crippen LogP contribution in [-0.4, -0.2) is 29.7 Å². The number of ether oxygens (including phenoxy) is 1. The first-order valence-electron chi connectivity index (χ1n) is 5.46. The van der Waals surface area contributed by atoms with E-state index in [2.05, 4.69) is 10.5 Å². The number of nitrogens with two attached hydrogens (primary N) is 1. The highest BCUT2D eigenvalue weighted by atomic mass is 19.1. The van der Waals surface area contributed by atoms with Gasteiger partial charge in [-0.3, -0.25) is 4.79 Å². The number of nitrogens with zero attached hydrogens (tertiary/aromatic N) is 1. The van der Waals surface area contributed by atoms with Crippen LogP contribution in [0.2, 0.25) is 0 Å². The molecule has 1 aromatic carbocycles. The van der Waals surface area contributed by atoms with E-state index in [0.29, 0.717) is 0 Å². The van der Waals surface area contributed by atoms with Gasteiger partial charge in [-0.2, -0.15) is 0 Å². The Labute approximate surface area is 110 Å². The van der Waals surface area contributed by atoms with Crippen molar-refractivity contribution in [2.24, 2.45) is 10.9 Å². The van der Waals surface area contributed by atoms with Crippen molar-refractivity contribution in [3.63, 3.8) is 0 Å². The fourth-order valence-electron chi connectivity index (χ4n) is 1.26. The van der Waals surface area contributed by atoms with Gasteiger partial charge in [-0.05, 0) is 32.0 Å². The molecule has 1 aromatic rings. The van der Waals surface area contributed by atoms with Crippen LogP contribution < -0.4 is 11.1 Å². The Morgan fingerprint density at radius 1 is 1.53 bits per heavy atom. The van der Waals surface area contributed by atoms with Crippen LogP contribution in [0.25, 0.3) is 0 Å². The van der Waals surface area contributed by atoms with E-state index in [1.165, 1.54) is 13.2 Å². The molecule has 1 rings (SSSR count). The number of hydrogen-bond donors (Lipinski definition) is 3. The van der Waals surface area contributed by atoms with Gasteiger partial charge in [0.25, 0.3) is 5.91 Å². The summed E-state index contributed by atoms with van der Waals surface area (Å²) in [6, 6.07) is 3.54. The molecule has 0 aliphatic rings. The minimum atomic E-state index is -1.06. The topological polar surface area (TPSA) is 96.9 Å². The zero-order valence-electron chi connectivity index (χ0n) is 10.9. The van der Waals surface area contributed by atoms with Gasteiger partial charge in [0.15, 0.2) is 5.84 Å². The molecule has 7 heteroatoms. The predicted molar refractivity (Wildman–Crippen MR) is 68.6 cm³/mol. The average Bonchev–Trinajstić information content (AvgIpc) is 2.39. The highest BCUT2D eigenvalue weighted by Crippen LogP contribution is 2.19. The molecule has 0 bridgehead atoms. The summed E-state index contributed by atoms with van der Waals surface area (Å²) in [6.07, 6.45) is 0. The van der Waals surface area contributed by atoms with Gasteiger partial charge >= 0.3 is 0 Å². The largest absolute Gasteiger partial charge is 0.409 e. The van der Waals surface area contributed by atoms with Crippen molar-refractivity contribution in [2.75, 3.05) is 12.4 Å². The van der Waals surface area contributed by atoms with Crippen LogP contribution in [0.4, 0.5) is 10.1 Å². The van der Waals surface area contributed by atoms with Gasteiger partial charge in [0, 0.05) is 12.7 Å². The van der Waals surface area contributed by atoms with Crippen LogP contribution in [0.15, 0.2) is 23.4 Å². The van der Waals surface area contributed by atoms with Crippen molar-refractivity contribution >= 4 is 17.4 Å². The fourth-order valence-corrected chi connectivity index (χ4v) is 1.26. The number of halogens is 1. The highest BCUT2D eigenvalue weighted by molar-refractivity contribution is 6.06. The number of benzene rings is 1. The molecule has 0 radical (unpaired) electrons. The Hall–Kier alpha value is -2.15. The molecular weight excluding hydrogens is 253 g/mol. The molecule has 0 aromatic heterocycles. The normalized spacial score (nSPS) is 12.3. The number of amidine groups is 1. The molecule has 19 heavy (non-hydrogen) atoms. The summed E-state index contributed by atoms with van der Waals surface area (Å²) < 4.78 is 18.2. The summed E-state index contributed by atoms with van der Waals surface area (Å²) in [5, 5.41) is 14.0. The van der Waals surface area contributed by atoms with E-state index in [9.17, 15) is 9.18 Å².